The number of nitrogens with two attached hydrogens (primary N) is 1. The standard InChI is InChI=1S/C27H30N4O4/c1-17-14-31(15-18(2)30-17)26(32)20-9-7-19(8-10-20)22-11-23(25(28)29-13-22)16-35-24-6-4-5-21(12-24)27(33)34-3/h4-13,17-18,30H,14-16H2,1-3H3,(H2,28,29). The first-order chi connectivity index (χ1) is 16.8. The van der Waals surface area contributed by atoms with Gasteiger partial charge in [-0.15, -0.1) is 0 Å². The van der Waals surface area contributed by atoms with Crippen molar-refractivity contribution in [3.8, 4) is 16.9 Å². The van der Waals surface area contributed by atoms with Gasteiger partial charge in [0.2, 0.25) is 0 Å². The molecule has 182 valence electrons. The van der Waals surface area contributed by atoms with Crippen LogP contribution in [0, 0.1) is 0 Å². The number of carbonyl (C=O) groups excluding carboxylic acids is 2. The number of amides is 1. The summed E-state index contributed by atoms with van der Waals surface area (Å²) in [6, 6.07) is 16.8. The number of hydrogen-bond donors (Lipinski definition) is 2. The van der Waals surface area contributed by atoms with Gasteiger partial charge in [-0.1, -0.05) is 18.2 Å². The molecule has 3 N–H and O–H groups in total. The molecule has 2 aromatic carbocycles. The maximum absolute atomic E-state index is 13.0. The highest BCUT2D eigenvalue weighted by atomic mass is 16.5. The molecule has 1 aliphatic heterocycles. The van der Waals surface area contributed by atoms with Gasteiger partial charge in [-0.25, -0.2) is 9.78 Å². The summed E-state index contributed by atoms with van der Waals surface area (Å²) in [5.74, 6) is 0.501. The maximum Gasteiger partial charge on any atom is 0.337 e. The van der Waals surface area contributed by atoms with E-state index in [0.717, 1.165) is 16.7 Å². The smallest absolute Gasteiger partial charge is 0.337 e. The Balaban J connectivity index is 1.46. The highest BCUT2D eigenvalue weighted by molar-refractivity contribution is 5.95. The summed E-state index contributed by atoms with van der Waals surface area (Å²) in [6.07, 6.45) is 1.70. The minimum atomic E-state index is -0.429. The zero-order valence-electron chi connectivity index (χ0n) is 20.2. The summed E-state index contributed by atoms with van der Waals surface area (Å²) < 4.78 is 10.6. The molecule has 1 aliphatic rings. The number of nitrogens with zero attached hydrogens (tertiary/aromatic N) is 2. The summed E-state index contributed by atoms with van der Waals surface area (Å²) in [4.78, 5) is 30.9. The van der Waals surface area contributed by atoms with Crippen molar-refractivity contribution >= 4 is 17.7 Å². The Kier molecular flexibility index (Phi) is 7.31. The largest absolute Gasteiger partial charge is 0.489 e. The van der Waals surface area contributed by atoms with Crippen molar-refractivity contribution in [3.63, 3.8) is 0 Å². The van der Waals surface area contributed by atoms with Crippen LogP contribution in [0.3, 0.4) is 0 Å². The van der Waals surface area contributed by atoms with Crippen LogP contribution in [0.1, 0.15) is 40.1 Å². The number of nitrogens with one attached hydrogen (secondary N) is 1. The third-order valence-electron chi connectivity index (χ3n) is 5.96. The second-order valence-corrected chi connectivity index (χ2v) is 8.83. The van der Waals surface area contributed by atoms with Gasteiger partial charge in [0.05, 0.1) is 12.7 Å². The van der Waals surface area contributed by atoms with E-state index in [1.165, 1.54) is 7.11 Å². The Bertz CT molecular complexity index is 1200. The van der Waals surface area contributed by atoms with Crippen molar-refractivity contribution in [2.75, 3.05) is 25.9 Å². The molecule has 4 rings (SSSR count). The Morgan fingerprint density at radius 3 is 2.43 bits per heavy atom. The van der Waals surface area contributed by atoms with Crippen LogP contribution in [0.4, 0.5) is 5.82 Å². The predicted octanol–water partition coefficient (Wildman–Crippen LogP) is 3.52. The molecule has 1 fully saturated rings. The number of ether oxygens (including phenoxy) is 2. The van der Waals surface area contributed by atoms with Crippen molar-refractivity contribution < 1.29 is 19.1 Å². The zero-order chi connectivity index (χ0) is 24.9. The lowest BCUT2D eigenvalue weighted by Gasteiger charge is -2.36. The van der Waals surface area contributed by atoms with E-state index in [-0.39, 0.29) is 24.6 Å². The normalized spacial score (nSPS) is 17.6. The number of hydrogen-bond acceptors (Lipinski definition) is 7. The van der Waals surface area contributed by atoms with E-state index in [2.05, 4.69) is 24.1 Å². The monoisotopic (exact) mass is 474 g/mol. The van der Waals surface area contributed by atoms with Gasteiger partial charge in [-0.3, -0.25) is 4.79 Å². The van der Waals surface area contributed by atoms with Crippen LogP contribution in [0.2, 0.25) is 0 Å². The number of rotatable bonds is 6. The zero-order valence-corrected chi connectivity index (χ0v) is 20.2. The summed E-state index contributed by atoms with van der Waals surface area (Å²) in [5.41, 5.74) is 9.65. The van der Waals surface area contributed by atoms with Crippen molar-refractivity contribution in [1.82, 2.24) is 15.2 Å². The molecule has 2 atom stereocenters. The molecule has 0 saturated carbocycles. The molecule has 0 aliphatic carbocycles. The summed E-state index contributed by atoms with van der Waals surface area (Å²) in [7, 11) is 1.34. The first kappa shape index (κ1) is 24.2. The molecule has 1 amide bonds. The number of piperazine rings is 1. The number of methoxy groups -OCH3 is 1. The van der Waals surface area contributed by atoms with Gasteiger partial charge in [-0.05, 0) is 55.8 Å². The van der Waals surface area contributed by atoms with Gasteiger partial charge in [-0.2, -0.15) is 0 Å². The quantitative estimate of drug-likeness (QED) is 0.527. The average Bonchev–Trinajstić information content (AvgIpc) is 2.87. The summed E-state index contributed by atoms with van der Waals surface area (Å²) in [5, 5.41) is 3.45. The second kappa shape index (κ2) is 10.6. The fraction of sp³-hybridized carbons (Fsp3) is 0.296. The predicted molar refractivity (Wildman–Crippen MR) is 134 cm³/mol. The molecule has 0 bridgehead atoms. The van der Waals surface area contributed by atoms with Gasteiger partial charge >= 0.3 is 5.97 Å². The molecule has 2 unspecified atom stereocenters. The number of esters is 1. The van der Waals surface area contributed by atoms with E-state index in [1.807, 2.05) is 35.2 Å². The molecule has 0 radical (unpaired) electrons. The van der Waals surface area contributed by atoms with Gasteiger partial charge in [0, 0.05) is 48.1 Å². The Morgan fingerprint density at radius 1 is 1.03 bits per heavy atom. The third-order valence-corrected chi connectivity index (χ3v) is 5.96. The minimum absolute atomic E-state index is 0.0375. The van der Waals surface area contributed by atoms with Crippen LogP contribution < -0.4 is 15.8 Å². The number of benzene rings is 2. The molecule has 35 heavy (non-hydrogen) atoms. The van der Waals surface area contributed by atoms with Gasteiger partial charge < -0.3 is 25.4 Å². The third kappa shape index (κ3) is 5.78. The van der Waals surface area contributed by atoms with Crippen LogP contribution in [-0.2, 0) is 11.3 Å². The maximum atomic E-state index is 13.0. The lowest BCUT2D eigenvalue weighted by molar-refractivity contribution is 0.0599. The van der Waals surface area contributed by atoms with E-state index in [4.69, 9.17) is 15.2 Å². The lowest BCUT2D eigenvalue weighted by atomic mass is 10.0. The Labute approximate surface area is 205 Å². The summed E-state index contributed by atoms with van der Waals surface area (Å²) >= 11 is 0. The molecular weight excluding hydrogens is 444 g/mol. The molecule has 1 aromatic heterocycles. The topological polar surface area (TPSA) is 107 Å². The van der Waals surface area contributed by atoms with E-state index < -0.39 is 5.97 Å². The molecular formula is C27H30N4O4. The van der Waals surface area contributed by atoms with E-state index in [0.29, 0.717) is 35.8 Å². The van der Waals surface area contributed by atoms with Gasteiger partial charge in [0.25, 0.3) is 5.91 Å². The molecule has 1 saturated heterocycles. The molecule has 3 aromatic rings. The minimum Gasteiger partial charge on any atom is -0.489 e. The molecule has 8 heteroatoms. The fourth-order valence-corrected chi connectivity index (χ4v) is 4.27. The van der Waals surface area contributed by atoms with Crippen LogP contribution in [0.5, 0.6) is 5.75 Å². The van der Waals surface area contributed by atoms with Crippen LogP contribution >= 0.6 is 0 Å². The van der Waals surface area contributed by atoms with Crippen LogP contribution in [0.15, 0.2) is 60.8 Å². The highest BCUT2D eigenvalue weighted by Crippen LogP contribution is 2.25. The number of nitrogen functional groups attached to an aromatic ring is 1. The van der Waals surface area contributed by atoms with Crippen LogP contribution in [-0.4, -0.2) is 54.0 Å². The SMILES string of the molecule is COC(=O)c1cccc(OCc2cc(-c3ccc(C(=O)N4CC(C)NC(C)C4)cc3)cnc2N)c1. The van der Waals surface area contributed by atoms with Crippen molar-refractivity contribution in [2.24, 2.45) is 0 Å². The number of aromatic nitrogens is 1. The summed E-state index contributed by atoms with van der Waals surface area (Å²) in [6.45, 7) is 5.75. The molecule has 0 spiro atoms. The van der Waals surface area contributed by atoms with E-state index in [9.17, 15) is 9.59 Å². The number of carbonyl (C=O) groups is 2. The molecule has 8 nitrogen and oxygen atoms in total. The van der Waals surface area contributed by atoms with Crippen molar-refractivity contribution in [1.29, 1.82) is 0 Å². The number of pyridine rings is 1. The van der Waals surface area contributed by atoms with Crippen LogP contribution in [0.25, 0.3) is 11.1 Å². The second-order valence-electron chi connectivity index (χ2n) is 8.83. The van der Waals surface area contributed by atoms with E-state index in [1.54, 1.807) is 30.5 Å². The van der Waals surface area contributed by atoms with Gasteiger partial charge in [0.1, 0.15) is 18.2 Å². The van der Waals surface area contributed by atoms with E-state index >= 15 is 0 Å². The van der Waals surface area contributed by atoms with Gasteiger partial charge in [0.15, 0.2) is 0 Å². The first-order valence-electron chi connectivity index (χ1n) is 11.6. The van der Waals surface area contributed by atoms with Crippen molar-refractivity contribution in [2.45, 2.75) is 32.5 Å². The lowest BCUT2D eigenvalue weighted by Crippen LogP contribution is -2.55. The Morgan fingerprint density at radius 2 is 1.74 bits per heavy atom. The first-order valence-corrected chi connectivity index (χ1v) is 11.6. The number of anilines is 1. The average molecular weight is 475 g/mol. The van der Waals surface area contributed by atoms with Crippen molar-refractivity contribution in [3.05, 3.63) is 77.5 Å². The fourth-order valence-electron chi connectivity index (χ4n) is 4.27. The molecule has 2 heterocycles. The Hall–Kier alpha value is -3.91. The highest BCUT2D eigenvalue weighted by Gasteiger charge is 2.25.